The molecule has 0 saturated carbocycles. The number of hydrogen-bond donors (Lipinski definition) is 0. The molecule has 1 saturated heterocycles. The van der Waals surface area contributed by atoms with Gasteiger partial charge in [0.2, 0.25) is 10.0 Å². The van der Waals surface area contributed by atoms with Crippen molar-refractivity contribution < 1.29 is 13.2 Å². The van der Waals surface area contributed by atoms with Crippen LogP contribution in [0.2, 0.25) is 0 Å². The molecule has 0 unspecified atom stereocenters. The molecule has 0 radical (unpaired) electrons. The first kappa shape index (κ1) is 21.4. The van der Waals surface area contributed by atoms with Gasteiger partial charge in [0.15, 0.2) is 3.95 Å². The minimum Gasteiger partial charge on any atom is -0.466 e. The molecule has 1 aliphatic rings. The lowest BCUT2D eigenvalue weighted by Gasteiger charge is -2.33. The second-order valence-corrected chi connectivity index (χ2v) is 10.7. The van der Waals surface area contributed by atoms with Crippen LogP contribution in [0, 0.1) is 17.8 Å². The molecule has 0 aliphatic carbocycles. The molecule has 1 aromatic heterocycles. The molecule has 2 heterocycles. The topological polar surface area (TPSA) is 67.7 Å². The number of ether oxygens (including phenoxy) is 1. The fourth-order valence-electron chi connectivity index (χ4n) is 3.15. The Morgan fingerprint density at radius 3 is 2.50 bits per heavy atom. The Kier molecular flexibility index (Phi) is 6.55. The Morgan fingerprint density at radius 2 is 1.89 bits per heavy atom. The summed E-state index contributed by atoms with van der Waals surface area (Å²) in [7, 11) is -3.48. The van der Waals surface area contributed by atoms with Crippen LogP contribution >= 0.6 is 23.6 Å². The van der Waals surface area contributed by atoms with E-state index in [1.165, 1.54) is 11.3 Å². The standard InChI is InChI=1S/C18H26N4O3S3/c1-13(2)25-17-19-22(18(26)27-17)12-20-7-9-21(10-8-20)28(23,24)16-6-5-14(3)11-15(16)4/h5-6,11,13H,7-10,12H2,1-4H3. The van der Waals surface area contributed by atoms with Gasteiger partial charge in [0.1, 0.15) is 0 Å². The molecule has 7 nitrogen and oxygen atoms in total. The number of benzene rings is 1. The minimum atomic E-state index is -3.48. The van der Waals surface area contributed by atoms with Crippen molar-refractivity contribution in [2.24, 2.45) is 0 Å². The average Bonchev–Trinajstić information content (AvgIpc) is 2.93. The zero-order valence-corrected chi connectivity index (χ0v) is 19.0. The van der Waals surface area contributed by atoms with Crippen molar-refractivity contribution >= 4 is 33.6 Å². The van der Waals surface area contributed by atoms with Crippen LogP contribution in [0.4, 0.5) is 0 Å². The summed E-state index contributed by atoms with van der Waals surface area (Å²) in [4.78, 5) is 2.55. The second-order valence-electron chi connectivity index (χ2n) is 7.23. The van der Waals surface area contributed by atoms with Crippen molar-refractivity contribution in [2.75, 3.05) is 26.2 Å². The predicted molar refractivity (Wildman–Crippen MR) is 113 cm³/mol. The Balaban J connectivity index is 1.64. The van der Waals surface area contributed by atoms with E-state index in [1.807, 2.05) is 39.8 Å². The van der Waals surface area contributed by atoms with Gasteiger partial charge in [-0.15, -0.1) is 5.10 Å². The molecule has 154 valence electrons. The summed E-state index contributed by atoms with van der Waals surface area (Å²) >= 11 is 6.72. The first-order chi connectivity index (χ1) is 13.2. The van der Waals surface area contributed by atoms with Gasteiger partial charge in [-0.3, -0.25) is 4.90 Å². The maximum Gasteiger partial charge on any atom is 0.293 e. The molecule has 28 heavy (non-hydrogen) atoms. The van der Waals surface area contributed by atoms with Crippen molar-refractivity contribution in [3.63, 3.8) is 0 Å². The van der Waals surface area contributed by atoms with Gasteiger partial charge >= 0.3 is 0 Å². The quantitative estimate of drug-likeness (QED) is 0.641. The molecule has 10 heteroatoms. The molecular weight excluding hydrogens is 416 g/mol. The molecule has 1 aliphatic heterocycles. The van der Waals surface area contributed by atoms with E-state index in [2.05, 4.69) is 10.00 Å². The summed E-state index contributed by atoms with van der Waals surface area (Å²) in [6.45, 7) is 10.4. The number of hydrogen-bond acceptors (Lipinski definition) is 7. The van der Waals surface area contributed by atoms with Crippen LogP contribution < -0.4 is 4.74 Å². The van der Waals surface area contributed by atoms with Crippen molar-refractivity contribution in [1.82, 2.24) is 19.0 Å². The lowest BCUT2D eigenvalue weighted by molar-refractivity contribution is 0.142. The van der Waals surface area contributed by atoms with Gasteiger partial charge in [-0.2, -0.15) is 4.31 Å². The van der Waals surface area contributed by atoms with E-state index < -0.39 is 10.0 Å². The number of rotatable bonds is 6. The third kappa shape index (κ3) is 4.80. The van der Waals surface area contributed by atoms with Gasteiger partial charge in [-0.25, -0.2) is 13.1 Å². The van der Waals surface area contributed by atoms with Crippen LogP contribution in [0.15, 0.2) is 23.1 Å². The second kappa shape index (κ2) is 8.58. The number of sulfonamides is 1. The van der Waals surface area contributed by atoms with Crippen LogP contribution in [0.3, 0.4) is 0 Å². The summed E-state index contributed by atoms with van der Waals surface area (Å²) in [5.41, 5.74) is 1.84. The van der Waals surface area contributed by atoms with Crippen molar-refractivity contribution in [2.45, 2.75) is 45.4 Å². The molecule has 1 fully saturated rings. The van der Waals surface area contributed by atoms with Crippen LogP contribution in [0.1, 0.15) is 25.0 Å². The maximum atomic E-state index is 13.0. The molecule has 0 amide bonds. The van der Waals surface area contributed by atoms with E-state index in [0.29, 0.717) is 46.9 Å². The number of piperazine rings is 1. The molecule has 0 spiro atoms. The van der Waals surface area contributed by atoms with Crippen LogP contribution in [-0.4, -0.2) is 59.7 Å². The smallest absolute Gasteiger partial charge is 0.293 e. The third-order valence-corrected chi connectivity index (χ3v) is 7.80. The summed E-state index contributed by atoms with van der Waals surface area (Å²) < 4.78 is 35.6. The van der Waals surface area contributed by atoms with Crippen molar-refractivity contribution in [3.8, 4) is 5.19 Å². The largest absolute Gasteiger partial charge is 0.466 e. The van der Waals surface area contributed by atoms with Gasteiger partial charge < -0.3 is 4.74 Å². The Labute approximate surface area is 175 Å². The number of nitrogens with zero attached hydrogens (tertiary/aromatic N) is 4. The van der Waals surface area contributed by atoms with Gasteiger partial charge in [0.25, 0.3) is 5.19 Å². The summed E-state index contributed by atoms with van der Waals surface area (Å²) in [6, 6.07) is 5.46. The summed E-state index contributed by atoms with van der Waals surface area (Å²) in [5.74, 6) is 0. The van der Waals surface area contributed by atoms with Crippen LogP contribution in [0.25, 0.3) is 0 Å². The monoisotopic (exact) mass is 442 g/mol. The molecule has 1 aromatic carbocycles. The van der Waals surface area contributed by atoms with Gasteiger partial charge in [-0.1, -0.05) is 17.7 Å². The maximum absolute atomic E-state index is 13.0. The fourth-order valence-corrected chi connectivity index (χ4v) is 5.83. The average molecular weight is 443 g/mol. The normalized spacial score (nSPS) is 16.6. The first-order valence-electron chi connectivity index (χ1n) is 9.21. The number of aromatic nitrogens is 2. The van der Waals surface area contributed by atoms with E-state index in [0.717, 1.165) is 11.1 Å². The zero-order valence-electron chi connectivity index (χ0n) is 16.6. The van der Waals surface area contributed by atoms with Crippen LogP contribution in [0.5, 0.6) is 5.19 Å². The van der Waals surface area contributed by atoms with Gasteiger partial charge in [0, 0.05) is 26.2 Å². The van der Waals surface area contributed by atoms with E-state index in [1.54, 1.807) is 15.1 Å². The SMILES string of the molecule is Cc1ccc(S(=O)(=O)N2CCN(Cn3nc(OC(C)C)sc3=S)CC2)c(C)c1. The lowest BCUT2D eigenvalue weighted by atomic mass is 10.2. The molecule has 3 rings (SSSR count). The number of aryl methyl sites for hydroxylation is 2. The summed E-state index contributed by atoms with van der Waals surface area (Å²) in [5, 5.41) is 4.98. The van der Waals surface area contributed by atoms with Gasteiger partial charge in [-0.05, 0) is 62.9 Å². The predicted octanol–water partition coefficient (Wildman–Crippen LogP) is 3.04. The highest BCUT2D eigenvalue weighted by atomic mass is 32.2. The van der Waals surface area contributed by atoms with E-state index in [-0.39, 0.29) is 6.10 Å². The molecule has 0 bridgehead atoms. The highest BCUT2D eigenvalue weighted by Gasteiger charge is 2.29. The Hall–Kier alpha value is -1.33. The fraction of sp³-hybridized carbons (Fsp3) is 0.556. The molecule has 0 atom stereocenters. The Bertz CT molecular complexity index is 990. The highest BCUT2D eigenvalue weighted by molar-refractivity contribution is 7.89. The molecular formula is C18H26N4O3S3. The third-order valence-electron chi connectivity index (χ3n) is 4.54. The van der Waals surface area contributed by atoms with E-state index >= 15 is 0 Å². The van der Waals surface area contributed by atoms with Crippen molar-refractivity contribution in [1.29, 1.82) is 0 Å². The lowest BCUT2D eigenvalue weighted by Crippen LogP contribution is -2.49. The van der Waals surface area contributed by atoms with Crippen molar-refractivity contribution in [3.05, 3.63) is 33.3 Å². The highest BCUT2D eigenvalue weighted by Crippen LogP contribution is 2.23. The first-order valence-corrected chi connectivity index (χ1v) is 11.9. The van der Waals surface area contributed by atoms with Gasteiger partial charge in [0.05, 0.1) is 17.7 Å². The van der Waals surface area contributed by atoms with E-state index in [4.69, 9.17) is 17.0 Å². The van der Waals surface area contributed by atoms with E-state index in [9.17, 15) is 8.42 Å². The zero-order chi connectivity index (χ0) is 20.5. The molecule has 0 N–H and O–H groups in total. The van der Waals surface area contributed by atoms with Crippen LogP contribution in [-0.2, 0) is 16.7 Å². The Morgan fingerprint density at radius 1 is 1.21 bits per heavy atom. The minimum absolute atomic E-state index is 0.0491. The molecule has 2 aromatic rings. The summed E-state index contributed by atoms with van der Waals surface area (Å²) in [6.07, 6.45) is 0.0491.